The van der Waals surface area contributed by atoms with Crippen molar-refractivity contribution in [1.29, 1.82) is 0 Å². The predicted molar refractivity (Wildman–Crippen MR) is 124 cm³/mol. The van der Waals surface area contributed by atoms with Gasteiger partial charge in [0.25, 0.3) is 0 Å². The Morgan fingerprint density at radius 1 is 1.19 bits per heavy atom. The summed E-state index contributed by atoms with van der Waals surface area (Å²) >= 11 is 0. The number of nitrogens with one attached hydrogen (secondary N) is 3. The summed E-state index contributed by atoms with van der Waals surface area (Å²) in [4.78, 5) is 4.19. The molecule has 0 saturated heterocycles. The Kier molecular flexibility index (Phi) is 11.7. The second-order valence-electron chi connectivity index (χ2n) is 7.26. The zero-order chi connectivity index (χ0) is 19.0. The van der Waals surface area contributed by atoms with Gasteiger partial charge in [-0.25, -0.2) is 13.1 Å². The fourth-order valence-corrected chi connectivity index (χ4v) is 5.81. The molecule has 27 heavy (non-hydrogen) atoms. The summed E-state index contributed by atoms with van der Waals surface area (Å²) in [6, 6.07) is 0.240. The Morgan fingerprint density at radius 3 is 2.48 bits per heavy atom. The third kappa shape index (κ3) is 8.95. The second-order valence-corrected chi connectivity index (χ2v) is 11.2. The summed E-state index contributed by atoms with van der Waals surface area (Å²) in [7, 11) is -2.32. The first kappa shape index (κ1) is 25.1. The van der Waals surface area contributed by atoms with Gasteiger partial charge >= 0.3 is 0 Å². The molecule has 160 valence electrons. The quantitative estimate of drug-likeness (QED) is 0.237. The van der Waals surface area contributed by atoms with Crippen molar-refractivity contribution in [2.24, 2.45) is 10.9 Å². The van der Waals surface area contributed by atoms with Gasteiger partial charge in [0.15, 0.2) is 5.96 Å². The van der Waals surface area contributed by atoms with Crippen LogP contribution in [0.1, 0.15) is 51.9 Å². The van der Waals surface area contributed by atoms with E-state index in [1.54, 1.807) is 7.05 Å². The first-order valence-corrected chi connectivity index (χ1v) is 12.8. The largest absolute Gasteiger partial charge is 0.355 e. The van der Waals surface area contributed by atoms with Crippen molar-refractivity contribution >= 4 is 50.8 Å². The summed E-state index contributed by atoms with van der Waals surface area (Å²) in [5.74, 6) is 1.87. The Morgan fingerprint density at radius 2 is 1.89 bits per heavy atom. The Balaban J connectivity index is 0.00000364. The van der Waals surface area contributed by atoms with Gasteiger partial charge in [-0.3, -0.25) is 9.20 Å². The van der Waals surface area contributed by atoms with E-state index in [-0.39, 0.29) is 41.0 Å². The molecule has 0 aliphatic heterocycles. The van der Waals surface area contributed by atoms with Gasteiger partial charge in [0.2, 0.25) is 10.0 Å². The molecule has 0 spiro atoms. The molecule has 2 aliphatic carbocycles. The van der Waals surface area contributed by atoms with Gasteiger partial charge in [-0.15, -0.1) is 24.0 Å². The summed E-state index contributed by atoms with van der Waals surface area (Å²) in [5, 5.41) is 6.70. The smallest absolute Gasteiger partial charge is 0.213 e. The molecule has 2 saturated carbocycles. The number of rotatable bonds is 9. The Bertz CT molecular complexity index is 597. The highest BCUT2D eigenvalue weighted by molar-refractivity contribution is 14.0. The van der Waals surface area contributed by atoms with Crippen LogP contribution >= 0.6 is 24.0 Å². The number of hydrogen-bond acceptors (Lipinski definition) is 4. The maximum atomic E-state index is 12.0. The first-order chi connectivity index (χ1) is 12.4. The Hall–Kier alpha value is 0.0600. The molecule has 0 radical (unpaired) electrons. The minimum Gasteiger partial charge on any atom is -0.355 e. The molecule has 7 nitrogen and oxygen atoms in total. The van der Waals surface area contributed by atoms with Crippen molar-refractivity contribution in [3.63, 3.8) is 0 Å². The van der Waals surface area contributed by atoms with E-state index in [0.717, 1.165) is 38.5 Å². The van der Waals surface area contributed by atoms with Gasteiger partial charge in [0.05, 0.1) is 5.75 Å². The fourth-order valence-electron chi connectivity index (χ4n) is 3.46. The molecule has 0 aromatic heterocycles. The minimum absolute atomic E-state index is 0. The minimum atomic E-state index is -3.25. The highest BCUT2D eigenvalue weighted by atomic mass is 127. The van der Waals surface area contributed by atoms with Crippen LogP contribution in [0.3, 0.4) is 0 Å². The van der Waals surface area contributed by atoms with Crippen molar-refractivity contribution < 1.29 is 12.6 Å². The fraction of sp³-hybridized carbons (Fsp3) is 0.941. The lowest BCUT2D eigenvalue weighted by molar-refractivity contribution is 0.316. The van der Waals surface area contributed by atoms with Crippen molar-refractivity contribution in [2.45, 2.75) is 63.2 Å². The number of hydrogen-bond donors (Lipinski definition) is 3. The van der Waals surface area contributed by atoms with Crippen molar-refractivity contribution in [1.82, 2.24) is 15.4 Å². The maximum absolute atomic E-state index is 12.0. The lowest BCUT2D eigenvalue weighted by Gasteiger charge is -2.30. The number of guanidine groups is 1. The van der Waals surface area contributed by atoms with E-state index in [2.05, 4.69) is 20.3 Å². The molecule has 3 atom stereocenters. The van der Waals surface area contributed by atoms with E-state index in [1.807, 2.05) is 6.92 Å². The molecule has 2 fully saturated rings. The van der Waals surface area contributed by atoms with Crippen molar-refractivity contribution in [3.8, 4) is 0 Å². The lowest BCUT2D eigenvalue weighted by atomic mass is 9.86. The van der Waals surface area contributed by atoms with Gasteiger partial charge in [0.1, 0.15) is 0 Å². The average Bonchev–Trinajstić information content (AvgIpc) is 2.58. The predicted octanol–water partition coefficient (Wildman–Crippen LogP) is 1.57. The summed E-state index contributed by atoms with van der Waals surface area (Å²) < 4.78 is 38.8. The highest BCUT2D eigenvalue weighted by Gasteiger charge is 2.26. The number of halogens is 1. The molecule has 2 aliphatic rings. The molecule has 2 rings (SSSR count). The number of sulfonamides is 1. The summed E-state index contributed by atoms with van der Waals surface area (Å²) in [6.45, 7) is 2.84. The maximum Gasteiger partial charge on any atom is 0.213 e. The molecule has 3 unspecified atom stereocenters. The SMILES string of the molecule is CCS(=O)C1CCCC(NC(=NC)NCCS(=O)(=O)NCC2CCC2)C1.I. The van der Waals surface area contributed by atoms with Gasteiger partial charge < -0.3 is 10.6 Å². The van der Waals surface area contributed by atoms with Gasteiger partial charge in [-0.1, -0.05) is 19.8 Å². The van der Waals surface area contributed by atoms with E-state index in [1.165, 1.54) is 6.42 Å². The summed E-state index contributed by atoms with van der Waals surface area (Å²) in [6.07, 6.45) is 7.46. The normalized spacial score (nSPS) is 25.2. The third-order valence-corrected chi connectivity index (χ3v) is 8.42. The van der Waals surface area contributed by atoms with Crippen LogP contribution in [0.5, 0.6) is 0 Å². The van der Waals surface area contributed by atoms with E-state index in [0.29, 0.717) is 30.7 Å². The molecule has 0 heterocycles. The first-order valence-electron chi connectivity index (χ1n) is 9.75. The second kappa shape index (κ2) is 12.6. The topological polar surface area (TPSA) is 99.7 Å². The molecule has 0 aromatic rings. The van der Waals surface area contributed by atoms with Crippen LogP contribution in [0.2, 0.25) is 0 Å². The van der Waals surface area contributed by atoms with Gasteiger partial charge in [-0.05, 0) is 38.0 Å². The van der Waals surface area contributed by atoms with Crippen LogP contribution in [0.25, 0.3) is 0 Å². The molecule has 10 heteroatoms. The average molecular weight is 535 g/mol. The molecule has 0 amide bonds. The molecule has 0 aromatic carbocycles. The van der Waals surface area contributed by atoms with Crippen LogP contribution in [-0.2, 0) is 20.8 Å². The monoisotopic (exact) mass is 534 g/mol. The van der Waals surface area contributed by atoms with Gasteiger partial charge in [0, 0.05) is 48.0 Å². The zero-order valence-electron chi connectivity index (χ0n) is 16.4. The van der Waals surface area contributed by atoms with E-state index < -0.39 is 20.8 Å². The molecular weight excluding hydrogens is 499 g/mol. The Labute approximate surface area is 183 Å². The lowest BCUT2D eigenvalue weighted by Crippen LogP contribution is -2.48. The molecule has 0 bridgehead atoms. The van der Waals surface area contributed by atoms with E-state index in [9.17, 15) is 12.6 Å². The van der Waals surface area contributed by atoms with Gasteiger partial charge in [-0.2, -0.15) is 0 Å². The van der Waals surface area contributed by atoms with Crippen LogP contribution in [0, 0.1) is 5.92 Å². The zero-order valence-corrected chi connectivity index (χ0v) is 20.4. The van der Waals surface area contributed by atoms with Crippen LogP contribution in [0.15, 0.2) is 4.99 Å². The van der Waals surface area contributed by atoms with Crippen molar-refractivity contribution in [2.75, 3.05) is 31.6 Å². The van der Waals surface area contributed by atoms with Crippen LogP contribution < -0.4 is 15.4 Å². The molecular formula is C17H35IN4O3S2. The highest BCUT2D eigenvalue weighted by Crippen LogP contribution is 2.25. The summed E-state index contributed by atoms with van der Waals surface area (Å²) in [5.41, 5.74) is 0. The number of nitrogens with zero attached hydrogens (tertiary/aromatic N) is 1. The van der Waals surface area contributed by atoms with E-state index in [4.69, 9.17) is 0 Å². The van der Waals surface area contributed by atoms with Crippen LogP contribution in [0.4, 0.5) is 0 Å². The standard InChI is InChI=1S/C17H34N4O3S2.HI/c1-3-25(22)16-9-5-8-15(12-16)21-17(18-2)19-10-11-26(23,24)20-13-14-6-4-7-14;/h14-16,20H,3-13H2,1-2H3,(H2,18,19,21);1H. The van der Waals surface area contributed by atoms with E-state index >= 15 is 0 Å². The third-order valence-electron chi connectivity index (χ3n) is 5.33. The van der Waals surface area contributed by atoms with Crippen LogP contribution in [-0.4, -0.2) is 61.5 Å². The van der Waals surface area contributed by atoms with Crippen molar-refractivity contribution in [3.05, 3.63) is 0 Å². The molecule has 3 N–H and O–H groups in total. The number of aliphatic imine (C=N–C) groups is 1.